The molecule has 3 nitrogen and oxygen atoms in total. The molecule has 2 aromatic heterocycles. The number of allylic oxidation sites excluding steroid dienone is 1. The van der Waals surface area contributed by atoms with Crippen LogP contribution in [0, 0.1) is 17.1 Å². The summed E-state index contributed by atoms with van der Waals surface area (Å²) in [6.07, 6.45) is 1.61. The van der Waals surface area contributed by atoms with Gasteiger partial charge in [0.25, 0.3) is 0 Å². The summed E-state index contributed by atoms with van der Waals surface area (Å²) in [7, 11) is 0. The van der Waals surface area contributed by atoms with Gasteiger partial charge in [-0.15, -0.1) is 11.3 Å². The maximum absolute atomic E-state index is 13.1. The molecule has 0 aliphatic carbocycles. The summed E-state index contributed by atoms with van der Waals surface area (Å²) < 4.78 is 18.9. The van der Waals surface area contributed by atoms with Crippen LogP contribution in [0.5, 0.6) is 0 Å². The van der Waals surface area contributed by atoms with Gasteiger partial charge in [0.05, 0.1) is 26.9 Å². The lowest BCUT2D eigenvalue weighted by Gasteiger charge is -2.02. The molecule has 0 aliphatic rings. The van der Waals surface area contributed by atoms with Crippen LogP contribution < -0.4 is 0 Å². The largest absolute Gasteiger partial charge is 0.457 e. The normalized spacial score (nSPS) is 11.4. The monoisotopic (exact) mass is 440 g/mol. The number of hydrogen-bond acceptors (Lipinski definition) is 4. The second-order valence-corrected chi connectivity index (χ2v) is 7.69. The van der Waals surface area contributed by atoms with Crippen molar-refractivity contribution in [1.29, 1.82) is 5.26 Å². The summed E-state index contributed by atoms with van der Waals surface area (Å²) in [5, 5.41) is 12.9. The van der Waals surface area contributed by atoms with Crippen molar-refractivity contribution in [2.45, 2.75) is 0 Å². The van der Waals surface area contributed by atoms with E-state index >= 15 is 0 Å². The number of furan rings is 1. The molecule has 0 unspecified atom stereocenters. The van der Waals surface area contributed by atoms with Crippen molar-refractivity contribution in [3.05, 3.63) is 86.6 Å². The van der Waals surface area contributed by atoms with Crippen molar-refractivity contribution in [2.24, 2.45) is 0 Å². The summed E-state index contributed by atoms with van der Waals surface area (Å²) in [5.74, 6) is 0.676. The maximum Gasteiger partial charge on any atom is 0.137 e. The molecule has 0 aliphatic heterocycles. The highest BCUT2D eigenvalue weighted by Gasteiger charge is 2.14. The lowest BCUT2D eigenvalue weighted by atomic mass is 10.2. The first-order valence-electron chi connectivity index (χ1n) is 8.43. The molecule has 0 fully saturated rings. The Bertz CT molecular complexity index is 1230. The molecule has 4 aromatic rings. The molecular formula is C22H11Cl2FN2OS. The zero-order chi connectivity index (χ0) is 20.4. The summed E-state index contributed by atoms with van der Waals surface area (Å²) in [4.78, 5) is 4.49. The summed E-state index contributed by atoms with van der Waals surface area (Å²) in [5.41, 5.74) is 2.41. The predicted octanol–water partition coefficient (Wildman–Crippen LogP) is 7.58. The Kier molecular flexibility index (Phi) is 5.50. The van der Waals surface area contributed by atoms with E-state index in [0.717, 1.165) is 5.56 Å². The van der Waals surface area contributed by atoms with Crippen molar-refractivity contribution < 1.29 is 8.81 Å². The summed E-state index contributed by atoms with van der Waals surface area (Å²) in [6, 6.07) is 16.9. The Morgan fingerprint density at radius 3 is 2.48 bits per heavy atom. The molecule has 0 N–H and O–H groups in total. The molecule has 0 spiro atoms. The number of nitriles is 1. The van der Waals surface area contributed by atoms with Crippen LogP contribution in [0.1, 0.15) is 10.8 Å². The number of halogens is 3. The highest BCUT2D eigenvalue weighted by molar-refractivity contribution is 7.11. The van der Waals surface area contributed by atoms with Crippen LogP contribution >= 0.6 is 34.5 Å². The van der Waals surface area contributed by atoms with Crippen LogP contribution in [0.4, 0.5) is 4.39 Å². The van der Waals surface area contributed by atoms with Gasteiger partial charge in [-0.2, -0.15) is 5.26 Å². The molecule has 29 heavy (non-hydrogen) atoms. The van der Waals surface area contributed by atoms with E-state index in [-0.39, 0.29) is 5.82 Å². The number of nitrogens with zero attached hydrogens (tertiary/aromatic N) is 2. The van der Waals surface area contributed by atoms with Gasteiger partial charge in [0.2, 0.25) is 0 Å². The third-order valence-electron chi connectivity index (χ3n) is 4.12. The molecule has 0 saturated carbocycles. The van der Waals surface area contributed by atoms with E-state index in [9.17, 15) is 9.65 Å². The van der Waals surface area contributed by atoms with Crippen LogP contribution in [-0.4, -0.2) is 4.98 Å². The Hall–Kier alpha value is -2.91. The lowest BCUT2D eigenvalue weighted by molar-refractivity contribution is 0.572. The quantitative estimate of drug-likeness (QED) is 0.307. The molecule has 7 heteroatoms. The van der Waals surface area contributed by atoms with Crippen molar-refractivity contribution in [1.82, 2.24) is 4.98 Å². The van der Waals surface area contributed by atoms with E-state index < -0.39 is 0 Å². The van der Waals surface area contributed by atoms with Crippen LogP contribution in [0.3, 0.4) is 0 Å². The first-order chi connectivity index (χ1) is 14.0. The summed E-state index contributed by atoms with van der Waals surface area (Å²) >= 11 is 13.8. The van der Waals surface area contributed by atoms with Crippen LogP contribution in [0.25, 0.3) is 34.2 Å². The van der Waals surface area contributed by atoms with Crippen molar-refractivity contribution >= 4 is 46.2 Å². The third-order valence-corrected chi connectivity index (χ3v) is 5.62. The number of benzene rings is 2. The van der Waals surface area contributed by atoms with Gasteiger partial charge in [-0.05, 0) is 48.5 Å². The van der Waals surface area contributed by atoms with E-state index in [4.69, 9.17) is 27.6 Å². The van der Waals surface area contributed by atoms with Gasteiger partial charge in [0.1, 0.15) is 28.4 Å². The van der Waals surface area contributed by atoms with Crippen molar-refractivity contribution in [2.75, 3.05) is 0 Å². The Morgan fingerprint density at radius 2 is 1.79 bits per heavy atom. The lowest BCUT2D eigenvalue weighted by Crippen LogP contribution is -1.83. The summed E-state index contributed by atoms with van der Waals surface area (Å²) in [6.45, 7) is 0. The molecule has 4 rings (SSSR count). The van der Waals surface area contributed by atoms with Gasteiger partial charge >= 0.3 is 0 Å². The number of hydrogen-bond donors (Lipinski definition) is 0. The Labute approximate surface area is 180 Å². The minimum Gasteiger partial charge on any atom is -0.457 e. The van der Waals surface area contributed by atoms with Gasteiger partial charge in [-0.25, -0.2) is 9.37 Å². The number of thiazole rings is 1. The topological polar surface area (TPSA) is 49.8 Å². The molecule has 2 aromatic carbocycles. The standard InChI is InChI=1S/C22H11Cl2FN2OS/c23-17-2-1-3-18(24)21(17)20-9-8-16(28-20)10-14(11-26)22-27-19(12-29-22)13-4-6-15(25)7-5-13/h1-10,12H. The first-order valence-corrected chi connectivity index (χ1v) is 10.1. The van der Waals surface area contributed by atoms with Crippen molar-refractivity contribution in [3.8, 4) is 28.7 Å². The molecular weight excluding hydrogens is 430 g/mol. The van der Waals surface area contributed by atoms with Crippen molar-refractivity contribution in [3.63, 3.8) is 0 Å². The zero-order valence-corrected chi connectivity index (χ0v) is 17.0. The van der Waals surface area contributed by atoms with Crippen LogP contribution in [-0.2, 0) is 0 Å². The van der Waals surface area contributed by atoms with E-state index in [1.807, 2.05) is 5.38 Å². The highest BCUT2D eigenvalue weighted by Crippen LogP contribution is 2.36. The molecule has 2 heterocycles. The van der Waals surface area contributed by atoms with Crippen LogP contribution in [0.15, 0.2) is 64.4 Å². The van der Waals surface area contributed by atoms with E-state index in [0.29, 0.717) is 43.4 Å². The van der Waals surface area contributed by atoms with E-state index in [2.05, 4.69) is 11.1 Å². The number of rotatable bonds is 4. The minimum atomic E-state index is -0.311. The zero-order valence-electron chi connectivity index (χ0n) is 14.7. The average molecular weight is 441 g/mol. The second kappa shape index (κ2) is 8.22. The molecule has 0 amide bonds. The van der Waals surface area contributed by atoms with Gasteiger partial charge < -0.3 is 4.42 Å². The van der Waals surface area contributed by atoms with Gasteiger partial charge in [-0.3, -0.25) is 0 Å². The minimum absolute atomic E-state index is 0.311. The Balaban J connectivity index is 1.65. The predicted molar refractivity (Wildman–Crippen MR) is 115 cm³/mol. The maximum atomic E-state index is 13.1. The first kappa shape index (κ1) is 19.4. The van der Waals surface area contributed by atoms with Crippen LogP contribution in [0.2, 0.25) is 10.0 Å². The second-order valence-electron chi connectivity index (χ2n) is 6.01. The van der Waals surface area contributed by atoms with Gasteiger partial charge in [-0.1, -0.05) is 29.3 Å². The molecule has 0 saturated heterocycles. The highest BCUT2D eigenvalue weighted by atomic mass is 35.5. The average Bonchev–Trinajstić information content (AvgIpc) is 3.37. The van der Waals surface area contributed by atoms with Gasteiger partial charge in [0, 0.05) is 17.0 Å². The fraction of sp³-hybridized carbons (Fsp3) is 0. The number of aromatic nitrogens is 1. The Morgan fingerprint density at radius 1 is 1.07 bits per heavy atom. The smallest absolute Gasteiger partial charge is 0.137 e. The molecule has 142 valence electrons. The molecule has 0 radical (unpaired) electrons. The SMILES string of the molecule is N#CC(=Cc1ccc(-c2c(Cl)cccc2Cl)o1)c1nc(-c2ccc(F)cc2)cs1. The van der Waals surface area contributed by atoms with E-state index in [1.165, 1.54) is 23.5 Å². The fourth-order valence-corrected chi connectivity index (χ4v) is 4.11. The fourth-order valence-electron chi connectivity index (χ4n) is 2.73. The molecule has 0 bridgehead atoms. The van der Waals surface area contributed by atoms with E-state index in [1.54, 1.807) is 48.5 Å². The third kappa shape index (κ3) is 4.10. The molecule has 0 atom stereocenters. The van der Waals surface area contributed by atoms with Gasteiger partial charge in [0.15, 0.2) is 0 Å².